The molecule has 7 nitrogen and oxygen atoms in total. The molecule has 2 amide bonds. The molecule has 2 heterocycles. The highest BCUT2D eigenvalue weighted by Crippen LogP contribution is 2.14. The number of nitrogens with one attached hydrogen (secondary N) is 2. The van der Waals surface area contributed by atoms with Gasteiger partial charge in [0.2, 0.25) is 5.91 Å². The zero-order valence-electron chi connectivity index (χ0n) is 14.7. The Morgan fingerprint density at radius 1 is 1.12 bits per heavy atom. The van der Waals surface area contributed by atoms with Crippen LogP contribution in [0.2, 0.25) is 0 Å². The number of imidazole rings is 1. The summed E-state index contributed by atoms with van der Waals surface area (Å²) in [5.74, 6) is 0.913. The lowest BCUT2D eigenvalue weighted by molar-refractivity contribution is -0.121. The average Bonchev–Trinajstić information content (AvgIpc) is 3.27. The van der Waals surface area contributed by atoms with Crippen molar-refractivity contribution in [1.29, 1.82) is 0 Å². The zero-order chi connectivity index (χ0) is 18.4. The third-order valence-electron chi connectivity index (χ3n) is 4.11. The fourth-order valence-corrected chi connectivity index (χ4v) is 2.82. The molecule has 0 saturated carbocycles. The Labute approximate surface area is 151 Å². The molecule has 136 valence electrons. The van der Waals surface area contributed by atoms with E-state index in [2.05, 4.69) is 20.2 Å². The Hall–Kier alpha value is -3.09. The van der Waals surface area contributed by atoms with E-state index in [1.54, 1.807) is 12.1 Å². The highest BCUT2D eigenvalue weighted by atomic mass is 16.3. The Bertz CT molecular complexity index is 883. The van der Waals surface area contributed by atoms with Gasteiger partial charge in [-0.2, -0.15) is 0 Å². The number of hydrogen-bond donors (Lipinski definition) is 2. The molecule has 7 heteroatoms. The van der Waals surface area contributed by atoms with Gasteiger partial charge in [-0.05, 0) is 37.6 Å². The molecule has 0 aliphatic heterocycles. The summed E-state index contributed by atoms with van der Waals surface area (Å²) < 4.78 is 7.10. The summed E-state index contributed by atoms with van der Waals surface area (Å²) in [6.07, 6.45) is 2.39. The first-order valence-corrected chi connectivity index (χ1v) is 8.65. The van der Waals surface area contributed by atoms with Crippen molar-refractivity contribution >= 4 is 22.8 Å². The number of carbonyl (C=O) groups excluding carboxylic acids is 2. The summed E-state index contributed by atoms with van der Waals surface area (Å²) in [5, 5.41) is 5.63. The lowest BCUT2D eigenvalue weighted by Crippen LogP contribution is -2.29. The zero-order valence-corrected chi connectivity index (χ0v) is 14.7. The molecule has 0 aliphatic carbocycles. The van der Waals surface area contributed by atoms with Crippen molar-refractivity contribution in [2.24, 2.45) is 0 Å². The first-order chi connectivity index (χ1) is 12.6. The van der Waals surface area contributed by atoms with Gasteiger partial charge >= 0.3 is 0 Å². The lowest BCUT2D eigenvalue weighted by Gasteiger charge is -2.09. The second-order valence-corrected chi connectivity index (χ2v) is 5.99. The normalized spacial score (nSPS) is 10.8. The number of rotatable bonds is 8. The molecule has 1 aromatic carbocycles. The third kappa shape index (κ3) is 4.30. The fraction of sp³-hybridized carbons (Fsp3) is 0.316. The Morgan fingerprint density at radius 2 is 1.96 bits per heavy atom. The number of hydrogen-bond acceptors (Lipinski definition) is 4. The molecule has 2 N–H and O–H groups in total. The number of furan rings is 1. The van der Waals surface area contributed by atoms with E-state index in [0.29, 0.717) is 32.5 Å². The minimum atomic E-state index is -0.266. The largest absolute Gasteiger partial charge is 0.459 e. The van der Waals surface area contributed by atoms with Crippen molar-refractivity contribution in [3.8, 4) is 0 Å². The molecule has 0 aliphatic rings. The van der Waals surface area contributed by atoms with Crippen LogP contribution in [-0.2, 0) is 11.3 Å². The number of amides is 2. The number of fused-ring (bicyclic) bond motifs is 1. The second kappa shape index (κ2) is 8.33. The van der Waals surface area contributed by atoms with E-state index in [4.69, 9.17) is 4.42 Å². The van der Waals surface area contributed by atoms with E-state index >= 15 is 0 Å². The lowest BCUT2D eigenvalue weighted by atomic mass is 10.3. The predicted octanol–water partition coefficient (Wildman–Crippen LogP) is 2.26. The molecule has 0 spiro atoms. The summed E-state index contributed by atoms with van der Waals surface area (Å²) >= 11 is 0. The van der Waals surface area contributed by atoms with Gasteiger partial charge < -0.3 is 19.6 Å². The van der Waals surface area contributed by atoms with Gasteiger partial charge in [-0.3, -0.25) is 9.59 Å². The summed E-state index contributed by atoms with van der Waals surface area (Å²) in [4.78, 5) is 28.1. The summed E-state index contributed by atoms with van der Waals surface area (Å²) in [6, 6.07) is 11.2. The summed E-state index contributed by atoms with van der Waals surface area (Å²) in [7, 11) is 0. The van der Waals surface area contributed by atoms with Crippen molar-refractivity contribution in [1.82, 2.24) is 20.2 Å². The van der Waals surface area contributed by atoms with Crippen molar-refractivity contribution in [3.63, 3.8) is 0 Å². The third-order valence-corrected chi connectivity index (χ3v) is 4.11. The van der Waals surface area contributed by atoms with Crippen molar-refractivity contribution < 1.29 is 14.0 Å². The van der Waals surface area contributed by atoms with Crippen molar-refractivity contribution in [3.05, 3.63) is 54.2 Å². The first kappa shape index (κ1) is 17.7. The van der Waals surface area contributed by atoms with E-state index < -0.39 is 0 Å². The maximum absolute atomic E-state index is 11.9. The molecule has 0 bridgehead atoms. The topological polar surface area (TPSA) is 89.2 Å². The Morgan fingerprint density at radius 3 is 2.77 bits per heavy atom. The van der Waals surface area contributed by atoms with Gasteiger partial charge in [-0.1, -0.05) is 12.1 Å². The van der Waals surface area contributed by atoms with Gasteiger partial charge in [0, 0.05) is 26.1 Å². The number of para-hydroxylation sites is 2. The highest BCUT2D eigenvalue weighted by Gasteiger charge is 2.09. The predicted molar refractivity (Wildman–Crippen MR) is 97.8 cm³/mol. The van der Waals surface area contributed by atoms with Crippen LogP contribution in [0.3, 0.4) is 0 Å². The molecule has 0 atom stereocenters. The van der Waals surface area contributed by atoms with E-state index in [0.717, 1.165) is 16.9 Å². The number of aryl methyl sites for hydroxylation is 1. The van der Waals surface area contributed by atoms with E-state index in [9.17, 15) is 9.59 Å². The molecule has 0 radical (unpaired) electrons. The number of aromatic nitrogens is 2. The number of carbonyl (C=O) groups is 2. The minimum Gasteiger partial charge on any atom is -0.459 e. The van der Waals surface area contributed by atoms with Gasteiger partial charge in [-0.15, -0.1) is 0 Å². The number of benzene rings is 1. The van der Waals surface area contributed by atoms with Crippen LogP contribution in [0.4, 0.5) is 0 Å². The van der Waals surface area contributed by atoms with Gasteiger partial charge in [0.25, 0.3) is 5.91 Å². The first-order valence-electron chi connectivity index (χ1n) is 8.65. The quantitative estimate of drug-likeness (QED) is 0.607. The van der Waals surface area contributed by atoms with Gasteiger partial charge in [0.15, 0.2) is 5.76 Å². The van der Waals surface area contributed by atoms with E-state index in [1.165, 1.54) is 6.26 Å². The Balaban J connectivity index is 1.36. The van der Waals surface area contributed by atoms with Crippen molar-refractivity contribution in [2.75, 3.05) is 13.1 Å². The standard InChI is InChI=1S/C19H22N4O3/c1-14-22-15-6-2-3-7-16(15)23(14)12-11-20-18(24)9-4-10-21-19(25)17-8-5-13-26-17/h2-3,5-8,13H,4,9-12H2,1H3,(H,20,24)(H,21,25). The van der Waals surface area contributed by atoms with Crippen LogP contribution in [-0.4, -0.2) is 34.5 Å². The minimum absolute atomic E-state index is 0.0284. The van der Waals surface area contributed by atoms with Crippen molar-refractivity contribution in [2.45, 2.75) is 26.3 Å². The molecule has 0 unspecified atom stereocenters. The maximum Gasteiger partial charge on any atom is 0.286 e. The molecule has 0 fully saturated rings. The van der Waals surface area contributed by atoms with Crippen LogP contribution in [0, 0.1) is 6.92 Å². The summed E-state index contributed by atoms with van der Waals surface area (Å²) in [6.45, 7) is 3.61. The van der Waals surface area contributed by atoms with Crippen LogP contribution in [0.15, 0.2) is 47.1 Å². The Kier molecular flexibility index (Phi) is 5.68. The maximum atomic E-state index is 11.9. The molecule has 3 aromatic rings. The molecule has 2 aromatic heterocycles. The van der Waals surface area contributed by atoms with Crippen LogP contribution in [0.1, 0.15) is 29.2 Å². The molecule has 0 saturated heterocycles. The second-order valence-electron chi connectivity index (χ2n) is 5.99. The fourth-order valence-electron chi connectivity index (χ4n) is 2.82. The van der Waals surface area contributed by atoms with E-state index in [-0.39, 0.29) is 17.6 Å². The number of nitrogens with zero attached hydrogens (tertiary/aromatic N) is 2. The van der Waals surface area contributed by atoms with Gasteiger partial charge in [-0.25, -0.2) is 4.98 Å². The smallest absolute Gasteiger partial charge is 0.286 e. The van der Waals surface area contributed by atoms with Crippen LogP contribution in [0.5, 0.6) is 0 Å². The molecule has 3 rings (SSSR count). The highest BCUT2D eigenvalue weighted by molar-refractivity contribution is 5.91. The van der Waals surface area contributed by atoms with Crippen LogP contribution >= 0.6 is 0 Å². The average molecular weight is 354 g/mol. The van der Waals surface area contributed by atoms with Gasteiger partial charge in [0.1, 0.15) is 5.82 Å². The SMILES string of the molecule is Cc1nc2ccccc2n1CCNC(=O)CCCNC(=O)c1ccco1. The van der Waals surface area contributed by atoms with E-state index in [1.807, 2.05) is 31.2 Å². The molecular formula is C19H22N4O3. The molecular weight excluding hydrogens is 332 g/mol. The van der Waals surface area contributed by atoms with Crippen LogP contribution in [0.25, 0.3) is 11.0 Å². The summed E-state index contributed by atoms with van der Waals surface area (Å²) in [5.41, 5.74) is 2.03. The van der Waals surface area contributed by atoms with Gasteiger partial charge in [0.05, 0.1) is 17.3 Å². The molecule has 26 heavy (non-hydrogen) atoms. The monoisotopic (exact) mass is 354 g/mol. The van der Waals surface area contributed by atoms with Crippen LogP contribution < -0.4 is 10.6 Å².